The molecule has 11 heteroatoms. The number of alkyl halides is 3. The van der Waals surface area contributed by atoms with Crippen LogP contribution in [0.4, 0.5) is 17.6 Å². The van der Waals surface area contributed by atoms with Crippen molar-refractivity contribution in [1.29, 1.82) is 5.26 Å². The van der Waals surface area contributed by atoms with Crippen LogP contribution in [-0.4, -0.2) is 23.2 Å². The molecule has 2 aromatic heterocycles. The predicted octanol–water partition coefficient (Wildman–Crippen LogP) is 5.04. The Morgan fingerprint density at radius 1 is 1.21 bits per heavy atom. The Bertz CT molecular complexity index is 1430. The number of sulfonamides is 1. The minimum atomic E-state index is -4.81. The van der Waals surface area contributed by atoms with Gasteiger partial charge < -0.3 is 4.57 Å². The zero-order chi connectivity index (χ0) is 24.3. The molecule has 0 atom stereocenters. The number of rotatable bonds is 6. The van der Waals surface area contributed by atoms with Crippen molar-refractivity contribution in [2.45, 2.75) is 56.1 Å². The average molecular weight is 492 g/mol. The molecule has 0 amide bonds. The van der Waals surface area contributed by atoms with E-state index in [1.165, 1.54) is 6.07 Å². The molecule has 2 fully saturated rings. The van der Waals surface area contributed by atoms with Crippen LogP contribution in [-0.2, 0) is 22.7 Å². The zero-order valence-corrected chi connectivity index (χ0v) is 18.7. The molecule has 1 aromatic carbocycles. The molecule has 2 saturated carbocycles. The van der Waals surface area contributed by atoms with Gasteiger partial charge >= 0.3 is 6.18 Å². The van der Waals surface area contributed by atoms with E-state index in [0.717, 1.165) is 37.6 Å². The fourth-order valence-electron chi connectivity index (χ4n) is 4.37. The maximum absolute atomic E-state index is 15.3. The minimum absolute atomic E-state index is 0.0437. The summed E-state index contributed by atoms with van der Waals surface area (Å²) in [7, 11) is -3.47. The summed E-state index contributed by atoms with van der Waals surface area (Å²) in [6, 6.07) is 4.88. The van der Waals surface area contributed by atoms with Crippen LogP contribution in [0, 0.1) is 17.1 Å². The minimum Gasteiger partial charge on any atom is -0.344 e. The maximum atomic E-state index is 15.3. The molecule has 0 aliphatic heterocycles. The van der Waals surface area contributed by atoms with Gasteiger partial charge in [0, 0.05) is 47.0 Å². The Kier molecular flexibility index (Phi) is 5.41. The number of pyridine rings is 1. The number of hydrogen-bond donors (Lipinski definition) is 1. The highest BCUT2D eigenvalue weighted by Crippen LogP contribution is 2.42. The van der Waals surface area contributed by atoms with Crippen molar-refractivity contribution in [2.24, 2.45) is 0 Å². The van der Waals surface area contributed by atoms with Crippen LogP contribution in [0.1, 0.15) is 55.0 Å². The van der Waals surface area contributed by atoms with E-state index in [4.69, 9.17) is 0 Å². The smallest absolute Gasteiger partial charge is 0.344 e. The van der Waals surface area contributed by atoms with Crippen molar-refractivity contribution in [1.82, 2.24) is 14.3 Å². The van der Waals surface area contributed by atoms with Crippen molar-refractivity contribution in [3.05, 3.63) is 53.2 Å². The van der Waals surface area contributed by atoms with Crippen LogP contribution in [0.25, 0.3) is 22.0 Å². The van der Waals surface area contributed by atoms with Gasteiger partial charge in [-0.15, -0.1) is 0 Å². The second kappa shape index (κ2) is 8.06. The summed E-state index contributed by atoms with van der Waals surface area (Å²) in [5, 5.41) is 9.40. The Hall–Kier alpha value is -2.97. The van der Waals surface area contributed by atoms with E-state index >= 15 is 4.39 Å². The first-order chi connectivity index (χ1) is 16.1. The van der Waals surface area contributed by atoms with E-state index in [9.17, 15) is 26.9 Å². The fraction of sp³-hybridized carbons (Fsp3) is 0.391. The topological polar surface area (TPSA) is 87.8 Å². The van der Waals surface area contributed by atoms with E-state index in [-0.39, 0.29) is 18.2 Å². The first-order valence-corrected chi connectivity index (χ1v) is 12.4. The Labute approximate surface area is 193 Å². The van der Waals surface area contributed by atoms with Gasteiger partial charge in [0.1, 0.15) is 17.6 Å². The lowest BCUT2D eigenvalue weighted by atomic mass is 9.92. The second-order valence-corrected chi connectivity index (χ2v) is 10.8. The molecule has 1 N–H and O–H groups in total. The summed E-state index contributed by atoms with van der Waals surface area (Å²) in [5.74, 6) is -0.944. The van der Waals surface area contributed by atoms with E-state index in [1.807, 2.05) is 4.57 Å². The fourth-order valence-corrected chi connectivity index (χ4v) is 5.72. The largest absolute Gasteiger partial charge is 0.417 e. The van der Waals surface area contributed by atoms with Crippen molar-refractivity contribution >= 4 is 20.9 Å². The molecule has 6 nitrogen and oxygen atoms in total. The van der Waals surface area contributed by atoms with Gasteiger partial charge in [0.2, 0.25) is 10.0 Å². The second-order valence-electron chi connectivity index (χ2n) is 8.75. The lowest BCUT2D eigenvalue weighted by Gasteiger charge is -2.28. The number of halogens is 4. The number of benzene rings is 1. The Balaban J connectivity index is 1.67. The lowest BCUT2D eigenvalue weighted by Crippen LogP contribution is -2.26. The summed E-state index contributed by atoms with van der Waals surface area (Å²) in [6.07, 6.45) is 1.71. The van der Waals surface area contributed by atoms with Crippen LogP contribution in [0.2, 0.25) is 0 Å². The van der Waals surface area contributed by atoms with Crippen LogP contribution in [0.3, 0.4) is 0 Å². The highest BCUT2D eigenvalue weighted by atomic mass is 32.2. The van der Waals surface area contributed by atoms with Gasteiger partial charge in [-0.3, -0.25) is 0 Å². The summed E-state index contributed by atoms with van der Waals surface area (Å²) in [6.45, 7) is -0.0437. The van der Waals surface area contributed by atoms with Gasteiger partial charge in [-0.05, 0) is 55.9 Å². The zero-order valence-electron chi connectivity index (χ0n) is 17.9. The van der Waals surface area contributed by atoms with Gasteiger partial charge in [-0.2, -0.15) is 18.4 Å². The first kappa shape index (κ1) is 22.8. The molecule has 2 aliphatic carbocycles. The van der Waals surface area contributed by atoms with Gasteiger partial charge in [0.25, 0.3) is 0 Å². The van der Waals surface area contributed by atoms with Crippen molar-refractivity contribution in [3.8, 4) is 17.2 Å². The molecule has 2 heterocycles. The Morgan fingerprint density at radius 3 is 2.53 bits per heavy atom. The molecule has 0 radical (unpaired) electrons. The van der Waals surface area contributed by atoms with Gasteiger partial charge in [0.05, 0.1) is 10.8 Å². The number of nitriles is 1. The first-order valence-electron chi connectivity index (χ1n) is 10.9. The molecule has 0 saturated heterocycles. The highest BCUT2D eigenvalue weighted by molar-refractivity contribution is 7.90. The molecule has 0 bridgehead atoms. The molecule has 34 heavy (non-hydrogen) atoms. The van der Waals surface area contributed by atoms with Gasteiger partial charge in [-0.25, -0.2) is 22.5 Å². The molecular weight excluding hydrogens is 472 g/mol. The third-order valence-electron chi connectivity index (χ3n) is 6.53. The van der Waals surface area contributed by atoms with Crippen LogP contribution < -0.4 is 4.72 Å². The SMILES string of the molecule is N#Cc1nccc(C(F)(F)F)c1-c1cc2c(cc1F)c(CNS(=O)(=O)C1CC1)cn2C1CCC1. The van der Waals surface area contributed by atoms with E-state index in [1.54, 1.807) is 12.3 Å². The molecule has 0 unspecified atom stereocenters. The third kappa shape index (κ3) is 3.95. The normalized spacial score (nSPS) is 17.0. The van der Waals surface area contributed by atoms with Crippen LogP contribution >= 0.6 is 0 Å². The number of hydrogen-bond acceptors (Lipinski definition) is 4. The summed E-state index contributed by atoms with van der Waals surface area (Å²) >= 11 is 0. The van der Waals surface area contributed by atoms with E-state index in [0.29, 0.717) is 29.3 Å². The standard InChI is InChI=1S/C23H20F4N4O2S/c24-19-8-16-13(11-30-34(32,33)15-4-5-15)12-31(14-2-1-3-14)21(16)9-17(19)22-18(23(25,26)27)6-7-29-20(22)10-28/h6-9,12,14-15,30H,1-5,11H2. The third-order valence-corrected chi connectivity index (χ3v) is 8.43. The van der Waals surface area contributed by atoms with E-state index < -0.39 is 44.1 Å². The van der Waals surface area contributed by atoms with Gasteiger partial charge in [-0.1, -0.05) is 0 Å². The number of nitrogens with zero attached hydrogens (tertiary/aromatic N) is 3. The maximum Gasteiger partial charge on any atom is 0.417 e. The molecule has 178 valence electrons. The lowest BCUT2D eigenvalue weighted by molar-refractivity contribution is -0.137. The van der Waals surface area contributed by atoms with Crippen molar-refractivity contribution in [2.75, 3.05) is 0 Å². The quantitative estimate of drug-likeness (QED) is 0.489. The average Bonchev–Trinajstić information content (AvgIpc) is 3.55. The van der Waals surface area contributed by atoms with Crippen LogP contribution in [0.5, 0.6) is 0 Å². The summed E-state index contributed by atoms with van der Waals surface area (Å²) in [4.78, 5) is 3.73. The molecular formula is C23H20F4N4O2S. The predicted molar refractivity (Wildman–Crippen MR) is 117 cm³/mol. The summed E-state index contributed by atoms with van der Waals surface area (Å²) < 4.78 is 85.5. The van der Waals surface area contributed by atoms with Crippen LogP contribution in [0.15, 0.2) is 30.6 Å². The van der Waals surface area contributed by atoms with Crippen molar-refractivity contribution in [3.63, 3.8) is 0 Å². The molecule has 5 rings (SSSR count). The monoisotopic (exact) mass is 492 g/mol. The number of fused-ring (bicyclic) bond motifs is 1. The number of nitrogens with one attached hydrogen (secondary N) is 1. The molecule has 2 aliphatic rings. The van der Waals surface area contributed by atoms with E-state index in [2.05, 4.69) is 9.71 Å². The Morgan fingerprint density at radius 2 is 1.94 bits per heavy atom. The van der Waals surface area contributed by atoms with Crippen molar-refractivity contribution < 1.29 is 26.0 Å². The summed E-state index contributed by atoms with van der Waals surface area (Å²) in [5.41, 5.74) is -1.60. The number of aromatic nitrogens is 2. The molecule has 3 aromatic rings. The van der Waals surface area contributed by atoms with Gasteiger partial charge in [0.15, 0.2) is 0 Å². The molecule has 0 spiro atoms. The highest BCUT2D eigenvalue weighted by Gasteiger charge is 2.37.